The van der Waals surface area contributed by atoms with E-state index in [1.54, 1.807) is 4.90 Å². The summed E-state index contributed by atoms with van der Waals surface area (Å²) >= 11 is 1.89. The molecule has 1 atom stereocenters. The lowest BCUT2D eigenvalue weighted by molar-refractivity contribution is 0.195. The SMILES string of the molecule is CC1CN(C(=O)NCCO)CCS1. The van der Waals surface area contributed by atoms with E-state index in [0.717, 1.165) is 18.8 Å². The Labute approximate surface area is 82.7 Å². The van der Waals surface area contributed by atoms with Crippen LogP contribution in [0.3, 0.4) is 0 Å². The van der Waals surface area contributed by atoms with Crippen LogP contribution in [0.1, 0.15) is 6.92 Å². The van der Waals surface area contributed by atoms with Gasteiger partial charge < -0.3 is 15.3 Å². The highest BCUT2D eigenvalue weighted by atomic mass is 32.2. The molecule has 5 heteroatoms. The van der Waals surface area contributed by atoms with Crippen LogP contribution in [0, 0.1) is 0 Å². The minimum absolute atomic E-state index is 0.00385. The number of urea groups is 1. The van der Waals surface area contributed by atoms with Gasteiger partial charge >= 0.3 is 6.03 Å². The molecule has 1 fully saturated rings. The summed E-state index contributed by atoms with van der Waals surface area (Å²) in [6.45, 7) is 4.09. The van der Waals surface area contributed by atoms with Gasteiger partial charge in [-0.3, -0.25) is 0 Å². The van der Waals surface area contributed by atoms with Crippen LogP contribution >= 0.6 is 11.8 Å². The van der Waals surface area contributed by atoms with E-state index in [-0.39, 0.29) is 12.6 Å². The molecule has 1 rings (SSSR count). The Morgan fingerprint density at radius 2 is 2.54 bits per heavy atom. The van der Waals surface area contributed by atoms with Crippen LogP contribution in [-0.4, -0.2) is 53.3 Å². The molecule has 1 aliphatic heterocycles. The fourth-order valence-corrected chi connectivity index (χ4v) is 2.29. The van der Waals surface area contributed by atoms with Crippen LogP contribution in [0.2, 0.25) is 0 Å². The molecule has 1 saturated heterocycles. The maximum absolute atomic E-state index is 11.4. The summed E-state index contributed by atoms with van der Waals surface area (Å²) in [4.78, 5) is 13.2. The molecule has 1 aliphatic rings. The van der Waals surface area contributed by atoms with Gasteiger partial charge in [0.1, 0.15) is 0 Å². The normalized spacial score (nSPS) is 22.9. The van der Waals surface area contributed by atoms with Crippen molar-refractivity contribution >= 4 is 17.8 Å². The summed E-state index contributed by atoms with van der Waals surface area (Å²) in [5, 5.41) is 11.7. The summed E-state index contributed by atoms with van der Waals surface area (Å²) < 4.78 is 0. The molecule has 76 valence electrons. The number of nitrogens with one attached hydrogen (secondary N) is 1. The van der Waals surface area contributed by atoms with Gasteiger partial charge in [-0.15, -0.1) is 0 Å². The molecule has 2 N–H and O–H groups in total. The molecule has 4 nitrogen and oxygen atoms in total. The van der Waals surface area contributed by atoms with E-state index in [0.29, 0.717) is 11.8 Å². The highest BCUT2D eigenvalue weighted by Crippen LogP contribution is 2.17. The Hall–Kier alpha value is -0.420. The molecule has 0 aliphatic carbocycles. The standard InChI is InChI=1S/C8H16N2O2S/c1-7-6-10(3-5-13-7)8(12)9-2-4-11/h7,11H,2-6H2,1H3,(H,9,12). The Bertz CT molecular complexity index is 178. The Kier molecular flexibility index (Phi) is 4.38. The van der Waals surface area contributed by atoms with Gasteiger partial charge in [0.25, 0.3) is 0 Å². The van der Waals surface area contributed by atoms with E-state index < -0.39 is 0 Å². The second-order valence-electron chi connectivity index (χ2n) is 3.08. The van der Waals surface area contributed by atoms with Gasteiger partial charge in [-0.25, -0.2) is 4.79 Å². The van der Waals surface area contributed by atoms with Gasteiger partial charge in [-0.2, -0.15) is 11.8 Å². The molecule has 0 aromatic heterocycles. The predicted molar refractivity (Wildman–Crippen MR) is 54.0 cm³/mol. The number of aliphatic hydroxyl groups excluding tert-OH is 1. The van der Waals surface area contributed by atoms with Crippen LogP contribution in [0.5, 0.6) is 0 Å². The molecular formula is C8H16N2O2S. The van der Waals surface area contributed by atoms with Crippen molar-refractivity contribution in [3.05, 3.63) is 0 Å². The van der Waals surface area contributed by atoms with Crippen LogP contribution in [0.4, 0.5) is 4.79 Å². The van der Waals surface area contributed by atoms with E-state index in [2.05, 4.69) is 12.2 Å². The number of aliphatic hydroxyl groups is 1. The quantitative estimate of drug-likeness (QED) is 0.672. The highest BCUT2D eigenvalue weighted by Gasteiger charge is 2.20. The molecule has 0 aromatic rings. The summed E-state index contributed by atoms with van der Waals surface area (Å²) in [6, 6.07) is -0.0544. The first kappa shape index (κ1) is 10.7. The first-order chi connectivity index (χ1) is 6.24. The lowest BCUT2D eigenvalue weighted by Gasteiger charge is -2.30. The zero-order valence-corrected chi connectivity index (χ0v) is 8.64. The van der Waals surface area contributed by atoms with E-state index in [1.807, 2.05) is 11.8 Å². The number of carbonyl (C=O) groups is 1. The molecule has 0 radical (unpaired) electrons. The molecule has 0 spiro atoms. The molecule has 0 aromatic carbocycles. The maximum Gasteiger partial charge on any atom is 0.317 e. The lowest BCUT2D eigenvalue weighted by Crippen LogP contribution is -2.47. The molecular weight excluding hydrogens is 188 g/mol. The number of nitrogens with zero attached hydrogens (tertiary/aromatic N) is 1. The molecule has 0 bridgehead atoms. The Balaban J connectivity index is 2.28. The van der Waals surface area contributed by atoms with Crippen molar-refractivity contribution in [1.82, 2.24) is 10.2 Å². The third kappa shape index (κ3) is 3.44. The fraction of sp³-hybridized carbons (Fsp3) is 0.875. The number of amides is 2. The molecule has 2 amide bonds. The smallest absolute Gasteiger partial charge is 0.317 e. The van der Waals surface area contributed by atoms with Crippen molar-refractivity contribution in [2.24, 2.45) is 0 Å². The third-order valence-corrected chi connectivity index (χ3v) is 3.05. The van der Waals surface area contributed by atoms with Crippen LogP contribution in [0.25, 0.3) is 0 Å². The largest absolute Gasteiger partial charge is 0.395 e. The van der Waals surface area contributed by atoms with Crippen LogP contribution in [-0.2, 0) is 0 Å². The van der Waals surface area contributed by atoms with Crippen LogP contribution < -0.4 is 5.32 Å². The number of hydrogen-bond acceptors (Lipinski definition) is 3. The van der Waals surface area contributed by atoms with Crippen molar-refractivity contribution in [3.63, 3.8) is 0 Å². The van der Waals surface area contributed by atoms with Gasteiger partial charge in [0.2, 0.25) is 0 Å². The molecule has 13 heavy (non-hydrogen) atoms. The Morgan fingerprint density at radius 3 is 3.15 bits per heavy atom. The number of rotatable bonds is 2. The highest BCUT2D eigenvalue weighted by molar-refractivity contribution is 7.99. The van der Waals surface area contributed by atoms with Gasteiger partial charge in [-0.1, -0.05) is 6.92 Å². The van der Waals surface area contributed by atoms with E-state index in [9.17, 15) is 4.79 Å². The minimum atomic E-state index is -0.0544. The summed E-state index contributed by atoms with van der Waals surface area (Å²) in [7, 11) is 0. The summed E-state index contributed by atoms with van der Waals surface area (Å²) in [5.74, 6) is 1.01. The topological polar surface area (TPSA) is 52.6 Å². The fourth-order valence-electron chi connectivity index (χ4n) is 1.28. The summed E-state index contributed by atoms with van der Waals surface area (Å²) in [6.07, 6.45) is 0. The van der Waals surface area contributed by atoms with E-state index in [1.165, 1.54) is 0 Å². The van der Waals surface area contributed by atoms with Crippen LogP contribution in [0.15, 0.2) is 0 Å². The zero-order chi connectivity index (χ0) is 9.68. The second kappa shape index (κ2) is 5.34. The number of hydrogen-bond donors (Lipinski definition) is 2. The first-order valence-electron chi connectivity index (χ1n) is 4.49. The Morgan fingerprint density at radius 1 is 1.77 bits per heavy atom. The predicted octanol–water partition coefficient (Wildman–Crippen LogP) is 0.126. The monoisotopic (exact) mass is 204 g/mol. The zero-order valence-electron chi connectivity index (χ0n) is 7.82. The van der Waals surface area contributed by atoms with Gasteiger partial charge in [0.15, 0.2) is 0 Å². The van der Waals surface area contributed by atoms with Crippen molar-refractivity contribution in [3.8, 4) is 0 Å². The van der Waals surface area contributed by atoms with Crippen molar-refractivity contribution in [2.75, 3.05) is 32.0 Å². The van der Waals surface area contributed by atoms with Crippen molar-refractivity contribution in [1.29, 1.82) is 0 Å². The molecule has 0 saturated carbocycles. The average Bonchev–Trinajstić information content (AvgIpc) is 2.14. The maximum atomic E-state index is 11.4. The van der Waals surface area contributed by atoms with Crippen molar-refractivity contribution in [2.45, 2.75) is 12.2 Å². The first-order valence-corrected chi connectivity index (χ1v) is 5.54. The molecule has 1 heterocycles. The lowest BCUT2D eigenvalue weighted by atomic mass is 10.4. The van der Waals surface area contributed by atoms with Gasteiger partial charge in [0, 0.05) is 30.6 Å². The number of thioether (sulfide) groups is 1. The van der Waals surface area contributed by atoms with Gasteiger partial charge in [-0.05, 0) is 0 Å². The number of carbonyl (C=O) groups excluding carboxylic acids is 1. The van der Waals surface area contributed by atoms with Crippen molar-refractivity contribution < 1.29 is 9.90 Å². The van der Waals surface area contributed by atoms with E-state index >= 15 is 0 Å². The second-order valence-corrected chi connectivity index (χ2v) is 4.63. The molecule has 1 unspecified atom stereocenters. The summed E-state index contributed by atoms with van der Waals surface area (Å²) in [5.41, 5.74) is 0. The average molecular weight is 204 g/mol. The van der Waals surface area contributed by atoms with E-state index in [4.69, 9.17) is 5.11 Å². The minimum Gasteiger partial charge on any atom is -0.395 e. The van der Waals surface area contributed by atoms with Gasteiger partial charge in [0.05, 0.1) is 6.61 Å². The third-order valence-electron chi connectivity index (χ3n) is 1.92.